The van der Waals surface area contributed by atoms with Crippen LogP contribution in [0.2, 0.25) is 0 Å². The molecule has 1 saturated heterocycles. The smallest absolute Gasteiger partial charge is 0.0898 e. The van der Waals surface area contributed by atoms with Crippen molar-refractivity contribution in [2.75, 3.05) is 13.1 Å². The minimum atomic E-state index is 0.973. The number of thiophene rings is 1. The standard InChI is InChI=1S/C21H20N2S/c1-6-12-23(13-7-1)14-18-15-8-2-3-9-16(15)21-20(22-18)17-10-4-5-11-19(17)24-21/h2-5,8-11H,1,6-7,12-14H2. The van der Waals surface area contributed by atoms with Gasteiger partial charge in [0.2, 0.25) is 0 Å². The van der Waals surface area contributed by atoms with E-state index in [9.17, 15) is 0 Å². The lowest BCUT2D eigenvalue weighted by atomic mass is 10.1. The minimum absolute atomic E-state index is 0.973. The number of fused-ring (bicyclic) bond motifs is 5. The van der Waals surface area contributed by atoms with Gasteiger partial charge in [0.1, 0.15) is 0 Å². The summed E-state index contributed by atoms with van der Waals surface area (Å²) in [6.07, 6.45) is 4.02. The average molecular weight is 332 g/mol. The predicted octanol–water partition coefficient (Wildman–Crippen LogP) is 5.59. The lowest BCUT2D eigenvalue weighted by Gasteiger charge is -2.26. The van der Waals surface area contributed by atoms with Gasteiger partial charge in [0.15, 0.2) is 0 Å². The largest absolute Gasteiger partial charge is 0.297 e. The Balaban J connectivity index is 1.76. The third kappa shape index (κ3) is 2.31. The van der Waals surface area contributed by atoms with Crippen LogP contribution in [-0.4, -0.2) is 23.0 Å². The van der Waals surface area contributed by atoms with Crippen molar-refractivity contribution >= 4 is 42.4 Å². The van der Waals surface area contributed by atoms with Gasteiger partial charge in [0.25, 0.3) is 0 Å². The van der Waals surface area contributed by atoms with Crippen LogP contribution in [0.4, 0.5) is 0 Å². The Bertz CT molecular complexity index is 1030. The third-order valence-corrected chi connectivity index (χ3v) is 6.31. The van der Waals surface area contributed by atoms with E-state index in [4.69, 9.17) is 4.98 Å². The maximum absolute atomic E-state index is 5.15. The molecule has 4 aromatic rings. The van der Waals surface area contributed by atoms with E-state index in [1.165, 1.54) is 69.1 Å². The molecule has 0 atom stereocenters. The number of hydrogen-bond donors (Lipinski definition) is 0. The highest BCUT2D eigenvalue weighted by molar-refractivity contribution is 7.26. The molecule has 0 N–H and O–H groups in total. The summed E-state index contributed by atoms with van der Waals surface area (Å²) in [4.78, 5) is 7.72. The number of nitrogens with zero attached hydrogens (tertiary/aromatic N) is 2. The van der Waals surface area contributed by atoms with Gasteiger partial charge in [0.05, 0.1) is 15.9 Å². The molecule has 0 spiro atoms. The zero-order valence-electron chi connectivity index (χ0n) is 13.7. The monoisotopic (exact) mass is 332 g/mol. The van der Waals surface area contributed by atoms with Crippen LogP contribution in [0.3, 0.4) is 0 Å². The summed E-state index contributed by atoms with van der Waals surface area (Å²) < 4.78 is 2.66. The third-order valence-electron chi connectivity index (χ3n) is 5.12. The molecule has 3 heteroatoms. The van der Waals surface area contributed by atoms with Gasteiger partial charge >= 0.3 is 0 Å². The van der Waals surface area contributed by atoms with Crippen LogP contribution in [0.25, 0.3) is 31.1 Å². The second-order valence-electron chi connectivity index (χ2n) is 6.72. The Labute approximate surface area is 145 Å². The van der Waals surface area contributed by atoms with E-state index in [1.54, 1.807) is 0 Å². The fourth-order valence-electron chi connectivity index (χ4n) is 3.90. The molecule has 5 rings (SSSR count). The Morgan fingerprint density at radius 3 is 2.38 bits per heavy atom. The summed E-state index contributed by atoms with van der Waals surface area (Å²) in [6, 6.07) is 17.4. The van der Waals surface area contributed by atoms with Crippen molar-refractivity contribution in [3.05, 3.63) is 54.2 Å². The van der Waals surface area contributed by atoms with Crippen molar-refractivity contribution in [1.29, 1.82) is 0 Å². The molecule has 2 aromatic carbocycles. The Kier molecular flexibility index (Phi) is 3.50. The van der Waals surface area contributed by atoms with Crippen molar-refractivity contribution in [2.45, 2.75) is 25.8 Å². The number of hydrogen-bond acceptors (Lipinski definition) is 3. The molecule has 3 heterocycles. The van der Waals surface area contributed by atoms with Gasteiger partial charge in [-0.25, -0.2) is 4.98 Å². The van der Waals surface area contributed by atoms with Crippen molar-refractivity contribution in [3.63, 3.8) is 0 Å². The number of likely N-dealkylation sites (tertiary alicyclic amines) is 1. The quantitative estimate of drug-likeness (QED) is 0.476. The zero-order chi connectivity index (χ0) is 15.9. The number of rotatable bonds is 2. The summed E-state index contributed by atoms with van der Waals surface area (Å²) >= 11 is 1.87. The lowest BCUT2D eigenvalue weighted by molar-refractivity contribution is 0.219. The van der Waals surface area contributed by atoms with E-state index < -0.39 is 0 Å². The van der Waals surface area contributed by atoms with Gasteiger partial charge < -0.3 is 0 Å². The molecule has 2 nitrogen and oxygen atoms in total. The van der Waals surface area contributed by atoms with Crippen LogP contribution in [0.15, 0.2) is 48.5 Å². The first kappa shape index (κ1) is 14.4. The highest BCUT2D eigenvalue weighted by Crippen LogP contribution is 2.38. The maximum atomic E-state index is 5.15. The number of aromatic nitrogens is 1. The highest BCUT2D eigenvalue weighted by atomic mass is 32.1. The van der Waals surface area contributed by atoms with Crippen LogP contribution in [0, 0.1) is 0 Å². The molecule has 0 bridgehead atoms. The molecule has 24 heavy (non-hydrogen) atoms. The maximum Gasteiger partial charge on any atom is 0.0898 e. The average Bonchev–Trinajstić information content (AvgIpc) is 3.02. The van der Waals surface area contributed by atoms with Gasteiger partial charge in [-0.1, -0.05) is 48.9 Å². The second kappa shape index (κ2) is 5.83. The van der Waals surface area contributed by atoms with Crippen molar-refractivity contribution in [2.24, 2.45) is 0 Å². The normalized spacial score (nSPS) is 16.3. The number of benzene rings is 2. The molecule has 2 aromatic heterocycles. The summed E-state index contributed by atoms with van der Waals surface area (Å²) in [5.74, 6) is 0. The Hall–Kier alpha value is -1.97. The molecule has 0 unspecified atom stereocenters. The first-order valence-electron chi connectivity index (χ1n) is 8.81. The van der Waals surface area contributed by atoms with Crippen molar-refractivity contribution in [1.82, 2.24) is 9.88 Å². The number of pyridine rings is 1. The van der Waals surface area contributed by atoms with E-state index in [0.29, 0.717) is 0 Å². The molecule has 0 amide bonds. The lowest BCUT2D eigenvalue weighted by Crippen LogP contribution is -2.29. The fourth-order valence-corrected chi connectivity index (χ4v) is 5.08. The van der Waals surface area contributed by atoms with E-state index in [1.807, 2.05) is 11.3 Å². The molecule has 0 aliphatic carbocycles. The van der Waals surface area contributed by atoms with Crippen molar-refractivity contribution < 1.29 is 0 Å². The van der Waals surface area contributed by atoms with E-state index >= 15 is 0 Å². The summed E-state index contributed by atoms with van der Waals surface area (Å²) in [5.41, 5.74) is 2.42. The SMILES string of the molecule is c1ccc2c(c1)sc1c3ccccc3c(CN3CCCCC3)nc21. The molecule has 0 saturated carbocycles. The van der Waals surface area contributed by atoms with Crippen LogP contribution in [0.1, 0.15) is 25.0 Å². The second-order valence-corrected chi connectivity index (χ2v) is 7.77. The van der Waals surface area contributed by atoms with Gasteiger partial charge in [-0.05, 0) is 32.0 Å². The van der Waals surface area contributed by atoms with Crippen LogP contribution >= 0.6 is 11.3 Å². The summed E-state index contributed by atoms with van der Waals surface area (Å²) in [7, 11) is 0. The van der Waals surface area contributed by atoms with Crippen LogP contribution < -0.4 is 0 Å². The molecular formula is C21H20N2S. The van der Waals surface area contributed by atoms with Gasteiger partial charge in [-0.2, -0.15) is 0 Å². The van der Waals surface area contributed by atoms with E-state index in [2.05, 4.69) is 53.4 Å². The predicted molar refractivity (Wildman–Crippen MR) is 104 cm³/mol. The number of piperidine rings is 1. The van der Waals surface area contributed by atoms with E-state index in [0.717, 1.165) is 6.54 Å². The van der Waals surface area contributed by atoms with E-state index in [-0.39, 0.29) is 0 Å². The molecule has 1 aliphatic heterocycles. The topological polar surface area (TPSA) is 16.1 Å². The van der Waals surface area contributed by atoms with Crippen LogP contribution in [0.5, 0.6) is 0 Å². The summed E-state index contributed by atoms with van der Waals surface area (Å²) in [6.45, 7) is 3.39. The minimum Gasteiger partial charge on any atom is -0.297 e. The molecule has 1 aliphatic rings. The molecule has 0 radical (unpaired) electrons. The first-order valence-corrected chi connectivity index (χ1v) is 9.63. The van der Waals surface area contributed by atoms with Crippen molar-refractivity contribution in [3.8, 4) is 0 Å². The zero-order valence-corrected chi connectivity index (χ0v) is 14.5. The van der Waals surface area contributed by atoms with Gasteiger partial charge in [-0.3, -0.25) is 4.90 Å². The first-order chi connectivity index (χ1) is 11.9. The molecular weight excluding hydrogens is 312 g/mol. The molecule has 120 valence electrons. The van der Waals surface area contributed by atoms with Crippen LogP contribution in [-0.2, 0) is 6.54 Å². The Morgan fingerprint density at radius 2 is 1.54 bits per heavy atom. The van der Waals surface area contributed by atoms with Gasteiger partial charge in [0, 0.05) is 27.4 Å². The molecule has 1 fully saturated rings. The van der Waals surface area contributed by atoms with Gasteiger partial charge in [-0.15, -0.1) is 11.3 Å². The Morgan fingerprint density at radius 1 is 0.833 bits per heavy atom. The fraction of sp³-hybridized carbons (Fsp3) is 0.286. The highest BCUT2D eigenvalue weighted by Gasteiger charge is 2.16. The summed E-state index contributed by atoms with van der Waals surface area (Å²) in [5, 5.41) is 3.97.